The summed E-state index contributed by atoms with van der Waals surface area (Å²) >= 11 is 0. The molecule has 0 saturated carbocycles. The second kappa shape index (κ2) is 4.90. The van der Waals surface area contributed by atoms with E-state index in [1.165, 1.54) is 31.6 Å². The Morgan fingerprint density at radius 3 is 2.37 bits per heavy atom. The molecule has 1 aromatic heterocycles. The fourth-order valence-electron chi connectivity index (χ4n) is 1.50. The molecule has 2 rings (SSSR count). The lowest BCUT2D eigenvalue weighted by atomic mass is 10.1. The van der Waals surface area contributed by atoms with Crippen LogP contribution in [0.2, 0.25) is 0 Å². The first-order chi connectivity index (χ1) is 8.94. The molecule has 0 fully saturated rings. The molecule has 19 heavy (non-hydrogen) atoms. The van der Waals surface area contributed by atoms with Crippen LogP contribution in [0.15, 0.2) is 35.5 Å². The Labute approximate surface area is 109 Å². The summed E-state index contributed by atoms with van der Waals surface area (Å²) in [6.07, 6.45) is 2.87. The largest absolute Gasteiger partial charge is 0.368 e. The van der Waals surface area contributed by atoms with Crippen molar-refractivity contribution in [1.82, 2.24) is 14.7 Å². The summed E-state index contributed by atoms with van der Waals surface area (Å²) in [6, 6.07) is 3.77. The number of nitrogens with two attached hydrogens (primary N) is 1. The van der Waals surface area contributed by atoms with E-state index in [1.807, 2.05) is 0 Å². The van der Waals surface area contributed by atoms with Crippen LogP contribution in [0, 0.1) is 5.82 Å². The van der Waals surface area contributed by atoms with Gasteiger partial charge in [-0.2, -0.15) is 0 Å². The fourth-order valence-corrected chi connectivity index (χ4v) is 2.28. The highest BCUT2D eigenvalue weighted by atomic mass is 32.2. The molecule has 2 aromatic rings. The van der Waals surface area contributed by atoms with Gasteiger partial charge in [0.1, 0.15) is 10.7 Å². The van der Waals surface area contributed by atoms with Crippen molar-refractivity contribution in [3.8, 4) is 11.1 Å². The zero-order valence-corrected chi connectivity index (χ0v) is 10.8. The van der Waals surface area contributed by atoms with Crippen LogP contribution in [0.1, 0.15) is 0 Å². The second-order valence-electron chi connectivity index (χ2n) is 3.68. The second-order valence-corrected chi connectivity index (χ2v) is 5.54. The molecule has 0 atom stereocenters. The molecule has 0 amide bonds. The normalized spacial score (nSPS) is 11.5. The zero-order chi connectivity index (χ0) is 14.0. The van der Waals surface area contributed by atoms with Gasteiger partial charge in [0.15, 0.2) is 0 Å². The Morgan fingerprint density at radius 1 is 1.21 bits per heavy atom. The first-order valence-electron chi connectivity index (χ1n) is 5.25. The number of hydrogen-bond acceptors (Lipinski definition) is 5. The SMILES string of the molecule is CNS(=O)(=O)c1ccc(-c2cnc(N)nc2)cc1F. The van der Waals surface area contributed by atoms with Gasteiger partial charge in [0.25, 0.3) is 0 Å². The molecule has 1 aromatic carbocycles. The number of sulfonamides is 1. The van der Waals surface area contributed by atoms with Gasteiger partial charge >= 0.3 is 0 Å². The predicted octanol–water partition coefficient (Wildman–Crippen LogP) is 0.773. The molecule has 1 heterocycles. The summed E-state index contributed by atoms with van der Waals surface area (Å²) in [4.78, 5) is 7.16. The van der Waals surface area contributed by atoms with Gasteiger partial charge in [0.05, 0.1) is 0 Å². The maximum absolute atomic E-state index is 13.8. The predicted molar refractivity (Wildman–Crippen MR) is 68.1 cm³/mol. The summed E-state index contributed by atoms with van der Waals surface area (Å²) in [5.41, 5.74) is 6.36. The van der Waals surface area contributed by atoms with E-state index in [0.29, 0.717) is 11.1 Å². The van der Waals surface area contributed by atoms with E-state index >= 15 is 0 Å². The van der Waals surface area contributed by atoms with E-state index in [2.05, 4.69) is 14.7 Å². The zero-order valence-electron chi connectivity index (χ0n) is 9.96. The van der Waals surface area contributed by atoms with Gasteiger partial charge in [-0.15, -0.1) is 0 Å². The minimum atomic E-state index is -3.81. The molecule has 3 N–H and O–H groups in total. The number of nitrogens with one attached hydrogen (secondary N) is 1. The third kappa shape index (κ3) is 2.69. The molecule has 0 radical (unpaired) electrons. The number of hydrogen-bond donors (Lipinski definition) is 2. The summed E-state index contributed by atoms with van der Waals surface area (Å²) in [7, 11) is -2.59. The highest BCUT2D eigenvalue weighted by molar-refractivity contribution is 7.89. The maximum atomic E-state index is 13.8. The minimum Gasteiger partial charge on any atom is -0.368 e. The highest BCUT2D eigenvalue weighted by Crippen LogP contribution is 2.23. The van der Waals surface area contributed by atoms with Gasteiger partial charge in [0, 0.05) is 18.0 Å². The van der Waals surface area contributed by atoms with Crippen LogP contribution in [0.4, 0.5) is 10.3 Å². The van der Waals surface area contributed by atoms with Crippen molar-refractivity contribution in [2.75, 3.05) is 12.8 Å². The summed E-state index contributed by atoms with van der Waals surface area (Å²) in [5, 5.41) is 0. The van der Waals surface area contributed by atoms with E-state index in [0.717, 1.165) is 6.07 Å². The molecule has 6 nitrogen and oxygen atoms in total. The minimum absolute atomic E-state index is 0.110. The number of aromatic nitrogens is 2. The van der Waals surface area contributed by atoms with Crippen LogP contribution < -0.4 is 10.5 Å². The molecule has 0 saturated heterocycles. The van der Waals surface area contributed by atoms with E-state index < -0.39 is 20.7 Å². The summed E-state index contributed by atoms with van der Waals surface area (Å²) in [5.74, 6) is -0.734. The molecule has 0 aliphatic rings. The number of nitrogen functional groups attached to an aromatic ring is 1. The topological polar surface area (TPSA) is 98.0 Å². The average Bonchev–Trinajstić information content (AvgIpc) is 2.39. The Bertz CT molecular complexity index is 701. The van der Waals surface area contributed by atoms with Gasteiger partial charge in [-0.05, 0) is 24.7 Å². The Balaban J connectivity index is 2.47. The van der Waals surface area contributed by atoms with E-state index in [9.17, 15) is 12.8 Å². The standard InChI is InChI=1S/C11H11FN4O2S/c1-14-19(17,18)10-3-2-7(4-9(10)12)8-5-15-11(13)16-6-8/h2-6,14H,1H3,(H2,13,15,16). The van der Waals surface area contributed by atoms with Crippen LogP contribution in [0.25, 0.3) is 11.1 Å². The van der Waals surface area contributed by atoms with Crippen molar-refractivity contribution in [2.24, 2.45) is 0 Å². The van der Waals surface area contributed by atoms with Gasteiger partial charge < -0.3 is 5.73 Å². The third-order valence-electron chi connectivity index (χ3n) is 2.50. The lowest BCUT2D eigenvalue weighted by Gasteiger charge is -2.06. The third-order valence-corrected chi connectivity index (χ3v) is 3.94. The van der Waals surface area contributed by atoms with Crippen LogP contribution in [-0.4, -0.2) is 25.4 Å². The smallest absolute Gasteiger partial charge is 0.243 e. The van der Waals surface area contributed by atoms with Crippen molar-refractivity contribution in [1.29, 1.82) is 0 Å². The highest BCUT2D eigenvalue weighted by Gasteiger charge is 2.17. The van der Waals surface area contributed by atoms with E-state index in [-0.39, 0.29) is 5.95 Å². The molecule has 0 spiro atoms. The van der Waals surface area contributed by atoms with Gasteiger partial charge in [-0.3, -0.25) is 0 Å². The lowest BCUT2D eigenvalue weighted by molar-refractivity contribution is 0.562. The molecule has 0 aliphatic carbocycles. The number of rotatable bonds is 3. The van der Waals surface area contributed by atoms with Crippen molar-refractivity contribution in [3.05, 3.63) is 36.4 Å². The number of benzene rings is 1. The number of halogens is 1. The average molecular weight is 282 g/mol. The van der Waals surface area contributed by atoms with Crippen LogP contribution in [0.3, 0.4) is 0 Å². The van der Waals surface area contributed by atoms with Crippen LogP contribution in [0.5, 0.6) is 0 Å². The first-order valence-corrected chi connectivity index (χ1v) is 6.73. The molecular weight excluding hydrogens is 271 g/mol. The van der Waals surface area contributed by atoms with Gasteiger partial charge in [-0.1, -0.05) is 6.07 Å². The molecule has 8 heteroatoms. The van der Waals surface area contributed by atoms with Crippen LogP contribution in [-0.2, 0) is 10.0 Å². The lowest BCUT2D eigenvalue weighted by Crippen LogP contribution is -2.19. The van der Waals surface area contributed by atoms with Crippen molar-refractivity contribution in [2.45, 2.75) is 4.90 Å². The van der Waals surface area contributed by atoms with Gasteiger partial charge in [-0.25, -0.2) is 27.5 Å². The Kier molecular flexibility index (Phi) is 3.45. The molecular formula is C11H11FN4O2S. The number of anilines is 1. The quantitative estimate of drug-likeness (QED) is 0.866. The summed E-state index contributed by atoms with van der Waals surface area (Å²) in [6.45, 7) is 0. The fraction of sp³-hybridized carbons (Fsp3) is 0.0909. The monoisotopic (exact) mass is 282 g/mol. The molecule has 0 unspecified atom stereocenters. The molecule has 100 valence electrons. The first kappa shape index (κ1) is 13.4. The van der Waals surface area contributed by atoms with Crippen molar-refractivity contribution >= 4 is 16.0 Å². The van der Waals surface area contributed by atoms with Gasteiger partial charge in [0.2, 0.25) is 16.0 Å². The van der Waals surface area contributed by atoms with Crippen molar-refractivity contribution < 1.29 is 12.8 Å². The van der Waals surface area contributed by atoms with Crippen LogP contribution >= 0.6 is 0 Å². The Hall–Kier alpha value is -2.06. The molecule has 0 bridgehead atoms. The molecule has 0 aliphatic heterocycles. The summed E-state index contributed by atoms with van der Waals surface area (Å²) < 4.78 is 38.9. The van der Waals surface area contributed by atoms with Crippen molar-refractivity contribution in [3.63, 3.8) is 0 Å². The maximum Gasteiger partial charge on any atom is 0.243 e. The number of nitrogens with zero attached hydrogens (tertiary/aromatic N) is 2. The van der Waals surface area contributed by atoms with E-state index in [1.54, 1.807) is 0 Å². The Morgan fingerprint density at radius 2 is 1.84 bits per heavy atom. The van der Waals surface area contributed by atoms with E-state index in [4.69, 9.17) is 5.73 Å².